The quantitative estimate of drug-likeness (QED) is 0.859. The highest BCUT2D eigenvalue weighted by molar-refractivity contribution is 5.67. The second-order valence-electron chi connectivity index (χ2n) is 4.32. The molecule has 1 aromatic rings. The molecule has 1 aromatic carbocycles. The fraction of sp³-hybridized carbons (Fsp3) is 0.462. The number of alkyl carbamates (subject to hydrolysis) is 1. The first-order valence-corrected chi connectivity index (χ1v) is 6.07. The lowest BCUT2D eigenvalue weighted by Gasteiger charge is -2.27. The summed E-state index contributed by atoms with van der Waals surface area (Å²) in [4.78, 5) is 11.5. The normalized spacial score (nSPS) is 23.4. The monoisotopic (exact) mass is 252 g/mol. The maximum Gasteiger partial charge on any atom is 0.407 e. The average molecular weight is 252 g/mol. The van der Waals surface area contributed by atoms with E-state index >= 15 is 0 Å². The van der Waals surface area contributed by atoms with Crippen molar-refractivity contribution in [2.45, 2.75) is 25.2 Å². The molecule has 2 N–H and O–H groups in total. The molecule has 0 radical (unpaired) electrons. The maximum absolute atomic E-state index is 13.5. The molecule has 1 amide bonds. The largest absolute Gasteiger partial charge is 0.445 e. The van der Waals surface area contributed by atoms with Crippen molar-refractivity contribution in [1.82, 2.24) is 10.6 Å². The SMILES string of the molecule is O=C(NC1CNCCC1F)OCc1ccccc1. The third-order valence-electron chi connectivity index (χ3n) is 2.91. The van der Waals surface area contributed by atoms with Gasteiger partial charge in [0.1, 0.15) is 12.8 Å². The van der Waals surface area contributed by atoms with E-state index in [1.165, 1.54) is 0 Å². The first kappa shape index (κ1) is 12.8. The molecule has 0 aromatic heterocycles. The van der Waals surface area contributed by atoms with Crippen LogP contribution in [0.3, 0.4) is 0 Å². The van der Waals surface area contributed by atoms with E-state index in [9.17, 15) is 9.18 Å². The lowest BCUT2D eigenvalue weighted by molar-refractivity contribution is 0.122. The molecule has 5 heteroatoms. The van der Waals surface area contributed by atoms with Crippen molar-refractivity contribution in [2.75, 3.05) is 13.1 Å². The van der Waals surface area contributed by atoms with Crippen molar-refractivity contribution in [1.29, 1.82) is 0 Å². The second-order valence-corrected chi connectivity index (χ2v) is 4.32. The summed E-state index contributed by atoms with van der Waals surface area (Å²) in [6.07, 6.45) is -1.16. The van der Waals surface area contributed by atoms with Crippen LogP contribution in [0.15, 0.2) is 30.3 Å². The lowest BCUT2D eigenvalue weighted by Crippen LogP contribution is -2.52. The molecule has 18 heavy (non-hydrogen) atoms. The topological polar surface area (TPSA) is 50.4 Å². The average Bonchev–Trinajstić information content (AvgIpc) is 2.40. The number of carbonyl (C=O) groups is 1. The number of hydrogen-bond donors (Lipinski definition) is 2. The van der Waals surface area contributed by atoms with Crippen molar-refractivity contribution in [3.8, 4) is 0 Å². The Morgan fingerprint density at radius 2 is 2.22 bits per heavy atom. The predicted molar refractivity (Wildman–Crippen MR) is 65.9 cm³/mol. The van der Waals surface area contributed by atoms with Gasteiger partial charge in [-0.1, -0.05) is 30.3 Å². The van der Waals surface area contributed by atoms with Crippen LogP contribution in [0.4, 0.5) is 9.18 Å². The smallest absolute Gasteiger partial charge is 0.407 e. The number of nitrogens with one attached hydrogen (secondary N) is 2. The molecule has 1 saturated heterocycles. The number of hydrogen-bond acceptors (Lipinski definition) is 3. The number of alkyl halides is 1. The van der Waals surface area contributed by atoms with Gasteiger partial charge in [-0.3, -0.25) is 0 Å². The van der Waals surface area contributed by atoms with Gasteiger partial charge in [0.2, 0.25) is 0 Å². The van der Waals surface area contributed by atoms with Crippen molar-refractivity contribution in [3.05, 3.63) is 35.9 Å². The van der Waals surface area contributed by atoms with Crippen LogP contribution in [0.5, 0.6) is 0 Å². The Bertz CT molecular complexity index is 386. The Hall–Kier alpha value is -1.62. The van der Waals surface area contributed by atoms with Crippen LogP contribution in [0, 0.1) is 0 Å². The zero-order valence-corrected chi connectivity index (χ0v) is 10.1. The van der Waals surface area contributed by atoms with E-state index in [-0.39, 0.29) is 6.61 Å². The van der Waals surface area contributed by atoms with Crippen LogP contribution in [-0.4, -0.2) is 31.4 Å². The second kappa shape index (κ2) is 6.35. The molecular weight excluding hydrogens is 235 g/mol. The Kier molecular flexibility index (Phi) is 4.52. The summed E-state index contributed by atoms with van der Waals surface area (Å²) < 4.78 is 18.5. The molecule has 1 aliphatic heterocycles. The third-order valence-corrected chi connectivity index (χ3v) is 2.91. The minimum atomic E-state index is -1.00. The maximum atomic E-state index is 13.5. The summed E-state index contributed by atoms with van der Waals surface area (Å²) >= 11 is 0. The number of ether oxygens (including phenoxy) is 1. The Morgan fingerprint density at radius 3 is 2.94 bits per heavy atom. The minimum Gasteiger partial charge on any atom is -0.445 e. The minimum absolute atomic E-state index is 0.198. The van der Waals surface area contributed by atoms with E-state index in [4.69, 9.17) is 4.74 Å². The summed E-state index contributed by atoms with van der Waals surface area (Å²) in [6.45, 7) is 1.30. The molecule has 0 saturated carbocycles. The van der Waals surface area contributed by atoms with Gasteiger partial charge < -0.3 is 15.4 Å². The van der Waals surface area contributed by atoms with Crippen molar-refractivity contribution >= 4 is 6.09 Å². The number of rotatable bonds is 3. The van der Waals surface area contributed by atoms with E-state index in [0.717, 1.165) is 5.56 Å². The van der Waals surface area contributed by atoms with Crippen LogP contribution < -0.4 is 10.6 Å². The van der Waals surface area contributed by atoms with E-state index in [1.807, 2.05) is 30.3 Å². The molecule has 1 fully saturated rings. The van der Waals surface area contributed by atoms with Crippen LogP contribution in [-0.2, 0) is 11.3 Å². The van der Waals surface area contributed by atoms with Gasteiger partial charge in [0, 0.05) is 6.54 Å². The van der Waals surface area contributed by atoms with Crippen LogP contribution in [0.2, 0.25) is 0 Å². The molecule has 1 aliphatic rings. The molecule has 0 aliphatic carbocycles. The number of halogens is 1. The van der Waals surface area contributed by atoms with Gasteiger partial charge in [0.25, 0.3) is 0 Å². The van der Waals surface area contributed by atoms with Crippen LogP contribution >= 0.6 is 0 Å². The summed E-state index contributed by atoms with van der Waals surface area (Å²) in [6, 6.07) is 8.88. The first-order valence-electron chi connectivity index (χ1n) is 6.07. The summed E-state index contributed by atoms with van der Waals surface area (Å²) in [7, 11) is 0. The van der Waals surface area contributed by atoms with Gasteiger partial charge in [0.05, 0.1) is 6.04 Å². The summed E-state index contributed by atoms with van der Waals surface area (Å²) in [5, 5.41) is 5.57. The third kappa shape index (κ3) is 3.70. The Labute approximate surface area is 106 Å². The fourth-order valence-electron chi connectivity index (χ4n) is 1.88. The van der Waals surface area contributed by atoms with Crippen LogP contribution in [0.25, 0.3) is 0 Å². The highest BCUT2D eigenvalue weighted by atomic mass is 19.1. The summed E-state index contributed by atoms with van der Waals surface area (Å²) in [5.41, 5.74) is 0.909. The van der Waals surface area contributed by atoms with E-state index < -0.39 is 18.3 Å². The van der Waals surface area contributed by atoms with E-state index in [1.54, 1.807) is 0 Å². The van der Waals surface area contributed by atoms with Crippen molar-refractivity contribution in [2.24, 2.45) is 0 Å². The Balaban J connectivity index is 1.75. The van der Waals surface area contributed by atoms with Crippen molar-refractivity contribution < 1.29 is 13.9 Å². The molecule has 98 valence electrons. The Morgan fingerprint density at radius 1 is 1.44 bits per heavy atom. The highest BCUT2D eigenvalue weighted by Crippen LogP contribution is 2.08. The molecule has 2 atom stereocenters. The van der Waals surface area contributed by atoms with Crippen molar-refractivity contribution in [3.63, 3.8) is 0 Å². The molecule has 0 spiro atoms. The molecule has 4 nitrogen and oxygen atoms in total. The van der Waals surface area contributed by atoms with Crippen LogP contribution in [0.1, 0.15) is 12.0 Å². The number of amides is 1. The predicted octanol–water partition coefficient (Wildman–Crippen LogP) is 1.61. The van der Waals surface area contributed by atoms with E-state index in [2.05, 4.69) is 10.6 Å². The van der Waals surface area contributed by atoms with Gasteiger partial charge in [-0.15, -0.1) is 0 Å². The number of piperidine rings is 1. The first-order chi connectivity index (χ1) is 8.75. The van der Waals surface area contributed by atoms with Gasteiger partial charge in [-0.2, -0.15) is 0 Å². The molecule has 2 unspecified atom stereocenters. The number of carbonyl (C=O) groups excluding carboxylic acids is 1. The molecule has 2 rings (SSSR count). The standard InChI is InChI=1S/C13H17FN2O2/c14-11-6-7-15-8-12(11)16-13(17)18-9-10-4-2-1-3-5-10/h1-5,11-12,15H,6-9H2,(H,16,17). The van der Waals surface area contributed by atoms with Gasteiger partial charge >= 0.3 is 6.09 Å². The summed E-state index contributed by atoms with van der Waals surface area (Å²) in [5.74, 6) is 0. The number of benzene rings is 1. The molecule has 0 bridgehead atoms. The fourth-order valence-corrected chi connectivity index (χ4v) is 1.88. The van der Waals surface area contributed by atoms with Gasteiger partial charge in [0.15, 0.2) is 0 Å². The highest BCUT2D eigenvalue weighted by Gasteiger charge is 2.26. The molecular formula is C13H17FN2O2. The molecule has 1 heterocycles. The zero-order valence-electron chi connectivity index (χ0n) is 10.1. The lowest BCUT2D eigenvalue weighted by atomic mass is 10.1. The van der Waals surface area contributed by atoms with Gasteiger partial charge in [-0.25, -0.2) is 9.18 Å². The zero-order chi connectivity index (χ0) is 12.8. The van der Waals surface area contributed by atoms with Gasteiger partial charge in [-0.05, 0) is 18.5 Å². The van der Waals surface area contributed by atoms with E-state index in [0.29, 0.717) is 19.5 Å².